The monoisotopic (exact) mass is 442 g/mol. The first kappa shape index (κ1) is 39.3. The average Bonchev–Trinajstić information content (AvgIpc) is 2.70. The summed E-state index contributed by atoms with van der Waals surface area (Å²) in [4.78, 5) is 31.9. The molecule has 0 fully saturated rings. The number of benzene rings is 1. The van der Waals surface area contributed by atoms with Crippen LogP contribution in [0.3, 0.4) is 0 Å². The summed E-state index contributed by atoms with van der Waals surface area (Å²) in [6.45, 7) is 8.00. The van der Waals surface area contributed by atoms with Crippen LogP contribution in [0, 0.1) is 0 Å². The number of nitrogens with one attached hydrogen (secondary N) is 2. The zero-order chi connectivity index (χ0) is 21.6. The number of ketones is 2. The molecule has 0 atom stereocenters. The van der Waals surface area contributed by atoms with Gasteiger partial charge in [0.25, 0.3) is 0 Å². The highest BCUT2D eigenvalue weighted by Gasteiger charge is 1.99. The lowest BCUT2D eigenvalue weighted by atomic mass is 10.1. The number of para-hydroxylation sites is 1. The number of Topliss-reactive ketones (excluding diaryl/α,β-unsaturated/α-hetero) is 2. The van der Waals surface area contributed by atoms with Gasteiger partial charge in [-0.15, -0.1) is 0 Å². The number of hydrogen-bond donors (Lipinski definition) is 2. The smallest absolute Gasteiger partial charge is 0.409 e. The number of ether oxygens (including phenoxy) is 1. The molecule has 0 heterocycles. The quantitative estimate of drug-likeness (QED) is 0.297. The maximum absolute atomic E-state index is 10.8. The molecular formula is C25H50N2O4. The maximum Gasteiger partial charge on any atom is 0.427 e. The van der Waals surface area contributed by atoms with Crippen LogP contribution in [0.15, 0.2) is 30.3 Å². The maximum atomic E-state index is 10.8. The zero-order valence-electron chi connectivity index (χ0n) is 18.2. The Kier molecular flexibility index (Phi) is 38.0. The summed E-state index contributed by atoms with van der Waals surface area (Å²) < 4.78 is 4.84. The summed E-state index contributed by atoms with van der Waals surface area (Å²) in [7, 11) is 1.59. The molecular weight excluding hydrogens is 392 g/mol. The number of carbonyl (C=O) groups is 3. The Hall–Kier alpha value is -2.21. The molecule has 6 nitrogen and oxygen atoms in total. The second-order valence-corrected chi connectivity index (χ2v) is 6.07. The van der Waals surface area contributed by atoms with Crippen molar-refractivity contribution in [2.24, 2.45) is 0 Å². The minimum atomic E-state index is -0.524. The van der Waals surface area contributed by atoms with Gasteiger partial charge in [0.05, 0.1) is 0 Å². The first-order chi connectivity index (χ1) is 13.4. The van der Waals surface area contributed by atoms with E-state index in [2.05, 4.69) is 17.8 Å². The molecule has 0 unspecified atom stereocenters. The van der Waals surface area contributed by atoms with Crippen LogP contribution < -0.4 is 15.6 Å². The van der Waals surface area contributed by atoms with Gasteiger partial charge in [0.15, 0.2) is 0 Å². The number of carbonyl (C=O) groups excluding carboxylic acids is 3. The van der Waals surface area contributed by atoms with Crippen LogP contribution in [0.5, 0.6) is 5.75 Å². The number of hydrazine groups is 1. The lowest BCUT2D eigenvalue weighted by molar-refractivity contribution is -0.119. The Balaban J connectivity index is -0.000000108. The van der Waals surface area contributed by atoms with Crippen molar-refractivity contribution >= 4 is 17.7 Å². The van der Waals surface area contributed by atoms with Gasteiger partial charge < -0.3 is 4.74 Å². The summed E-state index contributed by atoms with van der Waals surface area (Å²) in [6.07, 6.45) is 6.93. The Labute approximate surface area is 192 Å². The molecule has 2 N–H and O–H groups in total. The second-order valence-electron chi connectivity index (χ2n) is 6.07. The van der Waals surface area contributed by atoms with Crippen molar-refractivity contribution in [1.82, 2.24) is 10.9 Å². The van der Waals surface area contributed by atoms with E-state index in [0.29, 0.717) is 30.2 Å². The van der Waals surface area contributed by atoms with Crippen LogP contribution in [-0.4, -0.2) is 24.7 Å². The first-order valence-corrected chi connectivity index (χ1v) is 10.2. The van der Waals surface area contributed by atoms with E-state index in [1.807, 2.05) is 26.8 Å². The van der Waals surface area contributed by atoms with E-state index in [9.17, 15) is 14.4 Å². The molecule has 184 valence electrons. The summed E-state index contributed by atoms with van der Waals surface area (Å²) in [5.74, 6) is 1.30. The molecule has 0 aromatic heterocycles. The van der Waals surface area contributed by atoms with Gasteiger partial charge in [-0.05, 0) is 25.0 Å². The minimum Gasteiger partial charge on any atom is -0.409 e. The van der Waals surface area contributed by atoms with Crippen molar-refractivity contribution in [1.29, 1.82) is 0 Å². The molecule has 0 aliphatic rings. The van der Waals surface area contributed by atoms with Gasteiger partial charge in [-0.2, -0.15) is 0 Å². The highest BCUT2D eigenvalue weighted by molar-refractivity contribution is 5.78. The second kappa shape index (κ2) is 30.0. The van der Waals surface area contributed by atoms with Crippen molar-refractivity contribution in [2.75, 3.05) is 7.05 Å². The molecule has 1 aromatic carbocycles. The Morgan fingerprint density at radius 2 is 1.29 bits per heavy atom. The largest absolute Gasteiger partial charge is 0.427 e. The molecule has 0 aliphatic carbocycles. The van der Waals surface area contributed by atoms with E-state index in [1.165, 1.54) is 12.8 Å². The van der Waals surface area contributed by atoms with Crippen LogP contribution in [0.1, 0.15) is 101 Å². The third kappa shape index (κ3) is 30.1. The van der Waals surface area contributed by atoms with Gasteiger partial charge in [-0.1, -0.05) is 81.0 Å². The van der Waals surface area contributed by atoms with E-state index in [0.717, 1.165) is 25.7 Å². The molecule has 0 spiro atoms. The van der Waals surface area contributed by atoms with Crippen molar-refractivity contribution in [3.05, 3.63) is 30.3 Å². The third-order valence-corrected chi connectivity index (χ3v) is 3.56. The lowest BCUT2D eigenvalue weighted by Gasteiger charge is -2.03. The van der Waals surface area contributed by atoms with Crippen molar-refractivity contribution in [3.63, 3.8) is 0 Å². The molecule has 0 saturated carbocycles. The fraction of sp³-hybridized carbons (Fsp3) is 0.640. The van der Waals surface area contributed by atoms with E-state index in [4.69, 9.17) is 4.74 Å². The molecule has 1 rings (SSSR count). The topological polar surface area (TPSA) is 84.5 Å². The van der Waals surface area contributed by atoms with Crippen molar-refractivity contribution < 1.29 is 19.1 Å². The molecule has 6 heteroatoms. The van der Waals surface area contributed by atoms with E-state index in [-0.39, 0.29) is 22.3 Å². The van der Waals surface area contributed by atoms with E-state index < -0.39 is 6.09 Å². The molecule has 0 bridgehead atoms. The molecule has 0 saturated heterocycles. The van der Waals surface area contributed by atoms with Crippen LogP contribution in [0.25, 0.3) is 0 Å². The predicted octanol–water partition coefficient (Wildman–Crippen LogP) is 7.13. The zero-order valence-corrected chi connectivity index (χ0v) is 18.2. The van der Waals surface area contributed by atoms with E-state index in [1.54, 1.807) is 31.3 Å². The Morgan fingerprint density at radius 1 is 0.774 bits per heavy atom. The highest BCUT2D eigenvalue weighted by Crippen LogP contribution is 2.07. The minimum absolute atomic E-state index is 0. The molecule has 0 radical (unpaired) electrons. The van der Waals surface area contributed by atoms with E-state index >= 15 is 0 Å². The van der Waals surface area contributed by atoms with Gasteiger partial charge >= 0.3 is 6.09 Å². The molecule has 1 aromatic rings. The Bertz CT molecular complexity index is 520. The van der Waals surface area contributed by atoms with Crippen LogP contribution in [-0.2, 0) is 9.59 Å². The first-order valence-electron chi connectivity index (χ1n) is 10.2. The predicted molar refractivity (Wildman–Crippen MR) is 135 cm³/mol. The molecule has 1 amide bonds. The van der Waals surface area contributed by atoms with Crippen molar-refractivity contribution in [2.45, 2.75) is 101 Å². The number of unbranched alkanes of at least 4 members (excludes halogenated alkanes) is 2. The summed E-state index contributed by atoms with van der Waals surface area (Å²) >= 11 is 0. The van der Waals surface area contributed by atoms with Gasteiger partial charge in [0, 0.05) is 32.7 Å². The normalized spacial score (nSPS) is 8.29. The van der Waals surface area contributed by atoms with Crippen LogP contribution >= 0.6 is 0 Å². The fourth-order valence-corrected chi connectivity index (χ4v) is 1.93. The molecule has 31 heavy (non-hydrogen) atoms. The average molecular weight is 443 g/mol. The van der Waals surface area contributed by atoms with Crippen LogP contribution in [0.2, 0.25) is 0 Å². The van der Waals surface area contributed by atoms with Gasteiger partial charge in [-0.25, -0.2) is 10.2 Å². The highest BCUT2D eigenvalue weighted by atomic mass is 16.6. The molecule has 0 aliphatic heterocycles. The van der Waals surface area contributed by atoms with Gasteiger partial charge in [-0.3, -0.25) is 15.0 Å². The summed E-state index contributed by atoms with van der Waals surface area (Å²) in [5.41, 5.74) is 4.75. The van der Waals surface area contributed by atoms with Gasteiger partial charge in [0.2, 0.25) is 0 Å². The van der Waals surface area contributed by atoms with Crippen molar-refractivity contribution in [3.8, 4) is 5.75 Å². The number of rotatable bonds is 10. The lowest BCUT2D eigenvalue weighted by Crippen LogP contribution is -2.36. The Morgan fingerprint density at radius 3 is 1.68 bits per heavy atom. The third-order valence-electron chi connectivity index (χ3n) is 3.56. The summed E-state index contributed by atoms with van der Waals surface area (Å²) in [6, 6.07) is 8.84. The number of amides is 1. The number of hydrogen-bond acceptors (Lipinski definition) is 5. The van der Waals surface area contributed by atoms with Gasteiger partial charge in [0.1, 0.15) is 17.3 Å². The van der Waals surface area contributed by atoms with Crippen LogP contribution in [0.4, 0.5) is 4.79 Å². The standard InChI is InChI=1S/C8H10N2O2.C8H16O.C6H12O.3CH4/c1-9-10-8(11)12-7-5-3-2-4-6-7;1-3-5-6-7-8(9)4-2;1-3-5-6(7)4-2;;;/h2-6,9H,1H3,(H,10,11);3-7H2,1-2H3;3-5H2,1-2H3;3*1H4. The fourth-order valence-electron chi connectivity index (χ4n) is 1.93. The SMILES string of the molecule is C.C.C.CCCC(=O)CC.CCCCCC(=O)CC.CNNC(=O)Oc1ccccc1. The summed E-state index contributed by atoms with van der Waals surface area (Å²) in [5, 5.41) is 0.